The average molecular weight is 334 g/mol. The van der Waals surface area contributed by atoms with Gasteiger partial charge in [0.25, 0.3) is 5.56 Å². The first-order chi connectivity index (χ1) is 12.1. The van der Waals surface area contributed by atoms with Crippen molar-refractivity contribution in [3.05, 3.63) is 81.9 Å². The Balaban J connectivity index is 1.69. The lowest BCUT2D eigenvalue weighted by molar-refractivity contribution is -0.124. The third-order valence-electron chi connectivity index (χ3n) is 4.66. The van der Waals surface area contributed by atoms with Gasteiger partial charge in [0.15, 0.2) is 0 Å². The van der Waals surface area contributed by atoms with Crippen LogP contribution in [0.1, 0.15) is 16.8 Å². The second kappa shape index (κ2) is 6.14. The average Bonchev–Trinajstić information content (AvgIpc) is 2.61. The molecular weight excluding hydrogens is 316 g/mol. The van der Waals surface area contributed by atoms with E-state index in [-0.39, 0.29) is 11.5 Å². The standard InChI is InChI=1S/C19H18N4O2/c20-19(25)16-9-13-5-1-2-6-14(13)11-22(16)12-15-10-18(24)23-8-4-3-7-17(23)21-15/h1-8,10,16H,9,11-12H2,(H2,20,25). The van der Waals surface area contributed by atoms with E-state index in [1.54, 1.807) is 18.3 Å². The molecule has 6 heteroatoms. The highest BCUT2D eigenvalue weighted by Crippen LogP contribution is 2.24. The Morgan fingerprint density at radius 3 is 2.72 bits per heavy atom. The number of rotatable bonds is 3. The van der Waals surface area contributed by atoms with Crippen LogP contribution in [0, 0.1) is 0 Å². The SMILES string of the molecule is NC(=O)C1Cc2ccccc2CN1Cc1cc(=O)n2ccccc2n1. The highest BCUT2D eigenvalue weighted by atomic mass is 16.1. The number of nitrogens with two attached hydrogens (primary N) is 1. The molecule has 1 amide bonds. The summed E-state index contributed by atoms with van der Waals surface area (Å²) < 4.78 is 1.50. The van der Waals surface area contributed by atoms with Gasteiger partial charge in [0, 0.05) is 25.4 Å². The lowest BCUT2D eigenvalue weighted by atomic mass is 9.93. The van der Waals surface area contributed by atoms with E-state index in [0.717, 1.165) is 5.56 Å². The molecule has 0 aliphatic carbocycles. The van der Waals surface area contributed by atoms with E-state index < -0.39 is 6.04 Å². The molecule has 2 N–H and O–H groups in total. The summed E-state index contributed by atoms with van der Waals surface area (Å²) >= 11 is 0. The molecule has 1 aromatic carbocycles. The van der Waals surface area contributed by atoms with E-state index in [2.05, 4.69) is 11.1 Å². The van der Waals surface area contributed by atoms with Gasteiger partial charge in [0.05, 0.1) is 11.7 Å². The number of amides is 1. The highest BCUT2D eigenvalue weighted by Gasteiger charge is 2.30. The fourth-order valence-electron chi connectivity index (χ4n) is 3.42. The van der Waals surface area contributed by atoms with Crippen LogP contribution in [0.15, 0.2) is 59.5 Å². The zero-order valence-electron chi connectivity index (χ0n) is 13.6. The van der Waals surface area contributed by atoms with Crippen LogP contribution in [0.3, 0.4) is 0 Å². The minimum atomic E-state index is -0.397. The van der Waals surface area contributed by atoms with Crippen LogP contribution in [0.5, 0.6) is 0 Å². The van der Waals surface area contributed by atoms with E-state index in [1.165, 1.54) is 16.0 Å². The fraction of sp³-hybridized carbons (Fsp3) is 0.211. The molecule has 1 aliphatic rings. The van der Waals surface area contributed by atoms with Gasteiger partial charge in [-0.05, 0) is 29.7 Å². The molecule has 25 heavy (non-hydrogen) atoms. The second-order valence-corrected chi connectivity index (χ2v) is 6.31. The van der Waals surface area contributed by atoms with Crippen LogP contribution in [0.2, 0.25) is 0 Å². The Hall–Kier alpha value is -2.99. The van der Waals surface area contributed by atoms with Crippen molar-refractivity contribution in [3.63, 3.8) is 0 Å². The molecule has 1 aliphatic heterocycles. The highest BCUT2D eigenvalue weighted by molar-refractivity contribution is 5.80. The van der Waals surface area contributed by atoms with Crippen LogP contribution < -0.4 is 11.3 Å². The maximum Gasteiger partial charge on any atom is 0.258 e. The molecule has 0 saturated carbocycles. The lowest BCUT2D eigenvalue weighted by Gasteiger charge is -2.34. The predicted molar refractivity (Wildman–Crippen MR) is 93.8 cm³/mol. The summed E-state index contributed by atoms with van der Waals surface area (Å²) in [6.45, 7) is 1.02. The minimum Gasteiger partial charge on any atom is -0.368 e. The number of fused-ring (bicyclic) bond motifs is 2. The second-order valence-electron chi connectivity index (χ2n) is 6.31. The number of nitrogens with zero attached hydrogens (tertiary/aromatic N) is 3. The maximum atomic E-state index is 12.3. The van der Waals surface area contributed by atoms with Crippen molar-refractivity contribution in [2.45, 2.75) is 25.6 Å². The maximum absolute atomic E-state index is 12.3. The van der Waals surface area contributed by atoms with Crippen molar-refractivity contribution in [3.8, 4) is 0 Å². The van der Waals surface area contributed by atoms with Crippen molar-refractivity contribution in [1.29, 1.82) is 0 Å². The van der Waals surface area contributed by atoms with Crippen LogP contribution in [0.25, 0.3) is 5.65 Å². The van der Waals surface area contributed by atoms with E-state index in [0.29, 0.717) is 30.9 Å². The third-order valence-corrected chi connectivity index (χ3v) is 4.66. The van der Waals surface area contributed by atoms with Gasteiger partial charge in [0.1, 0.15) is 5.65 Å². The molecule has 6 nitrogen and oxygen atoms in total. The molecular formula is C19H18N4O2. The molecule has 4 rings (SSSR count). The van der Waals surface area contributed by atoms with Crippen molar-refractivity contribution < 1.29 is 4.79 Å². The van der Waals surface area contributed by atoms with E-state index in [4.69, 9.17) is 5.73 Å². The quantitative estimate of drug-likeness (QED) is 0.778. The minimum absolute atomic E-state index is 0.131. The lowest BCUT2D eigenvalue weighted by Crippen LogP contribution is -2.48. The van der Waals surface area contributed by atoms with Crippen molar-refractivity contribution in [2.24, 2.45) is 5.73 Å². The van der Waals surface area contributed by atoms with Crippen molar-refractivity contribution >= 4 is 11.6 Å². The van der Waals surface area contributed by atoms with E-state index >= 15 is 0 Å². The molecule has 0 saturated heterocycles. The number of carbonyl (C=O) groups is 1. The van der Waals surface area contributed by atoms with Gasteiger partial charge in [-0.15, -0.1) is 0 Å². The number of primary amides is 1. The van der Waals surface area contributed by atoms with Crippen LogP contribution >= 0.6 is 0 Å². The molecule has 2 aromatic heterocycles. The first-order valence-electron chi connectivity index (χ1n) is 8.19. The van der Waals surface area contributed by atoms with Crippen molar-refractivity contribution in [2.75, 3.05) is 0 Å². The van der Waals surface area contributed by atoms with Crippen LogP contribution in [0.4, 0.5) is 0 Å². The van der Waals surface area contributed by atoms with Gasteiger partial charge in [-0.2, -0.15) is 0 Å². The van der Waals surface area contributed by atoms with Gasteiger partial charge in [-0.3, -0.25) is 18.9 Å². The van der Waals surface area contributed by atoms with Crippen molar-refractivity contribution in [1.82, 2.24) is 14.3 Å². The van der Waals surface area contributed by atoms with E-state index in [1.807, 2.05) is 29.2 Å². The summed E-state index contributed by atoms with van der Waals surface area (Å²) in [6, 6.07) is 14.6. The Labute approximate surface area is 144 Å². The summed E-state index contributed by atoms with van der Waals surface area (Å²) in [5, 5.41) is 0. The summed E-state index contributed by atoms with van der Waals surface area (Å²) in [5.74, 6) is -0.355. The van der Waals surface area contributed by atoms with Gasteiger partial charge in [-0.25, -0.2) is 4.98 Å². The first-order valence-corrected chi connectivity index (χ1v) is 8.19. The van der Waals surface area contributed by atoms with Gasteiger partial charge < -0.3 is 5.73 Å². The number of hydrogen-bond acceptors (Lipinski definition) is 4. The van der Waals surface area contributed by atoms with Crippen LogP contribution in [-0.4, -0.2) is 26.2 Å². The third kappa shape index (κ3) is 2.92. The number of aromatic nitrogens is 2. The van der Waals surface area contributed by atoms with Gasteiger partial charge in [0.2, 0.25) is 5.91 Å². The Kier molecular flexibility index (Phi) is 3.82. The zero-order valence-corrected chi connectivity index (χ0v) is 13.6. The number of carbonyl (C=O) groups excluding carboxylic acids is 1. The molecule has 0 radical (unpaired) electrons. The fourth-order valence-corrected chi connectivity index (χ4v) is 3.42. The zero-order chi connectivity index (χ0) is 17.4. The molecule has 126 valence electrons. The summed E-state index contributed by atoms with van der Waals surface area (Å²) in [4.78, 5) is 30.7. The van der Waals surface area contributed by atoms with Crippen LogP contribution in [-0.2, 0) is 24.3 Å². The number of pyridine rings is 1. The van der Waals surface area contributed by atoms with Gasteiger partial charge >= 0.3 is 0 Å². The Bertz CT molecular complexity index is 1010. The summed E-state index contributed by atoms with van der Waals surface area (Å²) in [7, 11) is 0. The molecule has 0 fully saturated rings. The predicted octanol–water partition coefficient (Wildman–Crippen LogP) is 1.11. The summed E-state index contributed by atoms with van der Waals surface area (Å²) in [6.07, 6.45) is 2.27. The largest absolute Gasteiger partial charge is 0.368 e. The molecule has 3 heterocycles. The molecule has 0 bridgehead atoms. The smallest absolute Gasteiger partial charge is 0.258 e. The monoisotopic (exact) mass is 334 g/mol. The number of hydrogen-bond donors (Lipinski definition) is 1. The first kappa shape index (κ1) is 15.5. The molecule has 3 aromatic rings. The molecule has 1 unspecified atom stereocenters. The topological polar surface area (TPSA) is 80.7 Å². The normalized spacial score (nSPS) is 17.4. The Morgan fingerprint density at radius 1 is 1.16 bits per heavy atom. The Morgan fingerprint density at radius 2 is 1.92 bits per heavy atom. The number of benzene rings is 1. The summed E-state index contributed by atoms with van der Waals surface area (Å²) in [5.41, 5.74) is 9.05. The molecule has 1 atom stereocenters. The van der Waals surface area contributed by atoms with Gasteiger partial charge in [-0.1, -0.05) is 30.3 Å². The molecule has 0 spiro atoms. The van der Waals surface area contributed by atoms with E-state index in [9.17, 15) is 9.59 Å².